The van der Waals surface area contributed by atoms with E-state index in [1.165, 1.54) is 18.2 Å². The van der Waals surface area contributed by atoms with Crippen molar-refractivity contribution in [3.63, 3.8) is 0 Å². The smallest absolute Gasteiger partial charge is 1.00 e. The summed E-state index contributed by atoms with van der Waals surface area (Å²) in [5.41, 5.74) is 2.08. The van der Waals surface area contributed by atoms with Crippen molar-refractivity contribution in [3.8, 4) is 5.69 Å². The molecule has 0 saturated heterocycles. The number of aliphatic carboxylic acids is 1. The molecular formula is C24H31FN3NaO5. The van der Waals surface area contributed by atoms with Gasteiger partial charge in [0.2, 0.25) is 0 Å². The Morgan fingerprint density at radius 2 is 1.88 bits per heavy atom. The second-order valence-electron chi connectivity index (χ2n) is 8.75. The molecule has 2 aromatic rings. The third kappa shape index (κ3) is 6.99. The van der Waals surface area contributed by atoms with Crippen molar-refractivity contribution in [1.29, 1.82) is 0 Å². The number of halogens is 1. The molecule has 3 N–H and O–H groups in total. The third-order valence-corrected chi connectivity index (χ3v) is 5.63. The Hall–Kier alpha value is -2.04. The van der Waals surface area contributed by atoms with Gasteiger partial charge in [0.05, 0.1) is 30.0 Å². The standard InChI is InChI=1S/C24H30FN3O5.Na.H/c1-14(2)22-20(11-10-18(29)12-19(30)13-21(31)32)28(17-6-4-15(25)5-7-17)26-23(22)24(33)27(3)16-8-9-16;;/h4-7,10-11,14,16,18-19,29-30H,8-9,12-13H2,1-3H3,(H,31,32);;/q;+1;-1/b11-10+;;/t18-,19+;;/m0../s1. The molecule has 1 fully saturated rings. The molecule has 0 spiro atoms. The summed E-state index contributed by atoms with van der Waals surface area (Å²) >= 11 is 0. The Bertz CT molecular complexity index is 1040. The van der Waals surface area contributed by atoms with Crippen LogP contribution in [-0.2, 0) is 4.79 Å². The first kappa shape index (κ1) is 28.2. The molecule has 1 aromatic heterocycles. The molecular weight excluding hydrogens is 452 g/mol. The zero-order valence-corrected chi connectivity index (χ0v) is 22.0. The number of carboxylic acids is 1. The van der Waals surface area contributed by atoms with E-state index in [9.17, 15) is 24.2 Å². The minimum Gasteiger partial charge on any atom is -1.00 e. The van der Waals surface area contributed by atoms with Gasteiger partial charge in [-0.3, -0.25) is 9.59 Å². The van der Waals surface area contributed by atoms with Gasteiger partial charge >= 0.3 is 35.5 Å². The average molecular weight is 484 g/mol. The SMILES string of the molecule is CC(C)c1c(C(=O)N(C)C2CC2)nn(-c2ccc(F)cc2)c1/C=C/[C@H](O)C[C@@H](O)CC(=O)O.[H-].[Na+]. The van der Waals surface area contributed by atoms with Gasteiger partial charge in [0.15, 0.2) is 5.69 Å². The van der Waals surface area contributed by atoms with E-state index in [1.54, 1.807) is 34.8 Å². The van der Waals surface area contributed by atoms with Crippen LogP contribution < -0.4 is 29.6 Å². The van der Waals surface area contributed by atoms with Crippen molar-refractivity contribution >= 4 is 18.0 Å². The van der Waals surface area contributed by atoms with Gasteiger partial charge in [-0.15, -0.1) is 0 Å². The number of aliphatic hydroxyl groups is 2. The van der Waals surface area contributed by atoms with Crippen LogP contribution in [0.2, 0.25) is 0 Å². The van der Waals surface area contributed by atoms with E-state index in [2.05, 4.69) is 5.10 Å². The summed E-state index contributed by atoms with van der Waals surface area (Å²) in [4.78, 5) is 25.7. The molecule has 0 aliphatic heterocycles. The van der Waals surface area contributed by atoms with Crippen LogP contribution in [0.15, 0.2) is 30.3 Å². The molecule has 0 radical (unpaired) electrons. The normalized spacial score (nSPS) is 15.3. The molecule has 1 saturated carbocycles. The van der Waals surface area contributed by atoms with Crippen molar-refractivity contribution in [2.45, 2.75) is 63.7 Å². The van der Waals surface area contributed by atoms with Gasteiger partial charge in [-0.25, -0.2) is 9.07 Å². The summed E-state index contributed by atoms with van der Waals surface area (Å²) < 4.78 is 15.0. The Morgan fingerprint density at radius 1 is 1.26 bits per heavy atom. The van der Waals surface area contributed by atoms with Crippen LogP contribution in [0, 0.1) is 5.82 Å². The second kappa shape index (κ2) is 12.1. The maximum absolute atomic E-state index is 13.5. The van der Waals surface area contributed by atoms with Gasteiger partial charge in [0, 0.05) is 25.1 Å². The summed E-state index contributed by atoms with van der Waals surface area (Å²) in [6.45, 7) is 3.87. The summed E-state index contributed by atoms with van der Waals surface area (Å²) in [7, 11) is 1.75. The Morgan fingerprint density at radius 3 is 2.41 bits per heavy atom. The number of aliphatic hydroxyl groups excluding tert-OH is 2. The summed E-state index contributed by atoms with van der Waals surface area (Å²) in [6, 6.07) is 5.90. The first-order valence-corrected chi connectivity index (χ1v) is 11.0. The molecule has 1 aliphatic carbocycles. The molecule has 2 atom stereocenters. The van der Waals surface area contributed by atoms with Crippen LogP contribution in [-0.4, -0.2) is 67.2 Å². The second-order valence-corrected chi connectivity index (χ2v) is 8.75. The van der Waals surface area contributed by atoms with E-state index >= 15 is 0 Å². The number of amides is 1. The predicted molar refractivity (Wildman–Crippen MR) is 122 cm³/mol. The van der Waals surface area contributed by atoms with E-state index in [0.29, 0.717) is 22.6 Å². The van der Waals surface area contributed by atoms with Crippen LogP contribution in [0.25, 0.3) is 11.8 Å². The molecule has 1 aliphatic rings. The molecule has 0 bridgehead atoms. The number of carboxylic acid groups (broad SMARTS) is 1. The minimum absolute atomic E-state index is 0. The van der Waals surface area contributed by atoms with Crippen molar-refractivity contribution < 1.29 is 60.3 Å². The number of hydrogen-bond acceptors (Lipinski definition) is 5. The van der Waals surface area contributed by atoms with Gasteiger partial charge < -0.3 is 21.6 Å². The fourth-order valence-corrected chi connectivity index (χ4v) is 3.75. The minimum atomic E-state index is -1.20. The summed E-state index contributed by atoms with van der Waals surface area (Å²) in [6.07, 6.45) is 2.03. The Kier molecular flexibility index (Phi) is 10.0. The third-order valence-electron chi connectivity index (χ3n) is 5.63. The monoisotopic (exact) mass is 483 g/mol. The van der Waals surface area contributed by atoms with Crippen LogP contribution in [0.5, 0.6) is 0 Å². The van der Waals surface area contributed by atoms with Crippen molar-refractivity contribution in [2.24, 2.45) is 0 Å². The molecule has 180 valence electrons. The molecule has 0 unspecified atom stereocenters. The molecule has 3 rings (SSSR count). The first-order valence-electron chi connectivity index (χ1n) is 11.0. The number of rotatable bonds is 10. The number of hydrogen-bond donors (Lipinski definition) is 3. The van der Waals surface area contributed by atoms with Crippen LogP contribution in [0.3, 0.4) is 0 Å². The fourth-order valence-electron chi connectivity index (χ4n) is 3.75. The van der Waals surface area contributed by atoms with Crippen LogP contribution in [0.4, 0.5) is 4.39 Å². The van der Waals surface area contributed by atoms with Gasteiger partial charge in [0.25, 0.3) is 5.91 Å². The maximum atomic E-state index is 13.5. The van der Waals surface area contributed by atoms with E-state index < -0.39 is 30.4 Å². The number of carbonyl (C=O) groups is 2. The Balaban J connectivity index is 0.00000306. The van der Waals surface area contributed by atoms with E-state index in [0.717, 1.165) is 12.8 Å². The van der Waals surface area contributed by atoms with Crippen molar-refractivity contribution in [3.05, 3.63) is 53.1 Å². The summed E-state index contributed by atoms with van der Waals surface area (Å²) in [5, 5.41) is 33.5. The largest absolute Gasteiger partial charge is 1.00 e. The number of benzene rings is 1. The number of nitrogens with zero attached hydrogens (tertiary/aromatic N) is 3. The molecule has 8 nitrogen and oxygen atoms in total. The van der Waals surface area contributed by atoms with E-state index in [-0.39, 0.29) is 55.3 Å². The molecule has 1 aromatic carbocycles. The topological polar surface area (TPSA) is 116 Å². The molecule has 1 heterocycles. The van der Waals surface area contributed by atoms with Crippen molar-refractivity contribution in [1.82, 2.24) is 14.7 Å². The number of carbonyl (C=O) groups excluding carboxylic acids is 1. The zero-order valence-electron chi connectivity index (χ0n) is 21.0. The zero-order chi connectivity index (χ0) is 24.3. The fraction of sp³-hybridized carbons (Fsp3) is 0.458. The first-order chi connectivity index (χ1) is 15.6. The average Bonchev–Trinajstić information content (AvgIpc) is 3.51. The quantitative estimate of drug-likeness (QED) is 0.413. The summed E-state index contributed by atoms with van der Waals surface area (Å²) in [5.74, 6) is -1.84. The predicted octanol–water partition coefficient (Wildman–Crippen LogP) is 0.0855. The van der Waals surface area contributed by atoms with E-state index in [4.69, 9.17) is 5.11 Å². The Labute approximate surface area is 221 Å². The van der Waals surface area contributed by atoms with Crippen LogP contribution in [0.1, 0.15) is 68.6 Å². The van der Waals surface area contributed by atoms with Gasteiger partial charge in [0.1, 0.15) is 5.82 Å². The van der Waals surface area contributed by atoms with Gasteiger partial charge in [-0.2, -0.15) is 5.10 Å². The van der Waals surface area contributed by atoms with Crippen molar-refractivity contribution in [2.75, 3.05) is 7.05 Å². The van der Waals surface area contributed by atoms with Gasteiger partial charge in [-0.1, -0.05) is 19.9 Å². The maximum Gasteiger partial charge on any atom is 1.00 e. The molecule has 34 heavy (non-hydrogen) atoms. The molecule has 10 heteroatoms. The van der Waals surface area contributed by atoms with E-state index in [1.807, 2.05) is 13.8 Å². The number of aromatic nitrogens is 2. The molecule has 1 amide bonds. The van der Waals surface area contributed by atoms with Gasteiger partial charge in [-0.05, 0) is 49.1 Å². The van der Waals surface area contributed by atoms with Crippen LogP contribution >= 0.6 is 0 Å².